The Hall–Kier alpha value is -1.99. The third-order valence-electron chi connectivity index (χ3n) is 5.76. The number of anilines is 1. The van der Waals surface area contributed by atoms with Crippen LogP contribution in [0, 0.1) is 11.6 Å². The van der Waals surface area contributed by atoms with E-state index in [9.17, 15) is 13.6 Å². The Balaban J connectivity index is 1.46. The summed E-state index contributed by atoms with van der Waals surface area (Å²) in [7, 11) is 0. The second kappa shape index (κ2) is 8.79. The number of hydrogen-bond donors (Lipinski definition) is 0. The van der Waals surface area contributed by atoms with Gasteiger partial charge in [-0.2, -0.15) is 9.78 Å². The van der Waals surface area contributed by atoms with Gasteiger partial charge in [0.05, 0.1) is 24.1 Å². The highest BCUT2D eigenvalue weighted by molar-refractivity contribution is 6.33. The fourth-order valence-corrected chi connectivity index (χ4v) is 4.42. The normalized spacial score (nSPS) is 18.9. The number of piperidine rings is 1. The molecule has 2 aliphatic rings. The van der Waals surface area contributed by atoms with Gasteiger partial charge in [-0.3, -0.25) is 4.79 Å². The van der Waals surface area contributed by atoms with Gasteiger partial charge in [0.15, 0.2) is 5.82 Å². The van der Waals surface area contributed by atoms with Crippen LogP contribution in [0.1, 0.15) is 44.9 Å². The van der Waals surface area contributed by atoms with Gasteiger partial charge in [-0.25, -0.2) is 8.78 Å². The molecule has 2 heterocycles. The van der Waals surface area contributed by atoms with Crippen molar-refractivity contribution in [2.75, 3.05) is 18.0 Å². The summed E-state index contributed by atoms with van der Waals surface area (Å²) in [6.07, 6.45) is 9.89. The van der Waals surface area contributed by atoms with Crippen molar-refractivity contribution >= 4 is 17.3 Å². The molecule has 2 aromatic rings. The molecule has 1 aliphatic heterocycles. The lowest BCUT2D eigenvalue weighted by Gasteiger charge is -2.36. The van der Waals surface area contributed by atoms with Crippen molar-refractivity contribution in [3.05, 3.63) is 51.4 Å². The summed E-state index contributed by atoms with van der Waals surface area (Å²) in [6.45, 7) is 1.43. The molecule has 0 bridgehead atoms. The third-order valence-corrected chi connectivity index (χ3v) is 6.11. The van der Waals surface area contributed by atoms with E-state index >= 15 is 0 Å². The fraction of sp³-hybridized carbons (Fsp3) is 0.524. The average molecular weight is 424 g/mol. The molecule has 8 heteroatoms. The van der Waals surface area contributed by atoms with Crippen molar-refractivity contribution in [2.45, 2.75) is 57.2 Å². The third kappa shape index (κ3) is 4.46. The maximum atomic E-state index is 14.0. The molecule has 1 aliphatic carbocycles. The number of nitrogens with zero attached hydrogens (tertiary/aromatic N) is 3. The minimum Gasteiger partial charge on any atom is -0.375 e. The van der Waals surface area contributed by atoms with Crippen LogP contribution in [0.2, 0.25) is 5.02 Å². The Labute approximate surface area is 173 Å². The van der Waals surface area contributed by atoms with Crippen molar-refractivity contribution < 1.29 is 13.5 Å². The predicted molar refractivity (Wildman–Crippen MR) is 108 cm³/mol. The first-order chi connectivity index (χ1) is 14.0. The smallest absolute Gasteiger partial charge is 0.292 e. The van der Waals surface area contributed by atoms with Gasteiger partial charge in [0.2, 0.25) is 0 Å². The molecule has 156 valence electrons. The Morgan fingerprint density at radius 2 is 1.69 bits per heavy atom. The zero-order valence-electron chi connectivity index (χ0n) is 16.1. The summed E-state index contributed by atoms with van der Waals surface area (Å²) in [6, 6.07) is 2.96. The number of aromatic nitrogens is 2. The average Bonchev–Trinajstić information content (AvgIpc) is 2.72. The highest BCUT2D eigenvalue weighted by atomic mass is 35.5. The van der Waals surface area contributed by atoms with Gasteiger partial charge in [0.25, 0.3) is 5.56 Å². The topological polar surface area (TPSA) is 47.4 Å². The van der Waals surface area contributed by atoms with Crippen LogP contribution in [0.15, 0.2) is 29.2 Å². The van der Waals surface area contributed by atoms with E-state index in [1.807, 2.05) is 4.90 Å². The van der Waals surface area contributed by atoms with E-state index in [0.717, 1.165) is 36.4 Å². The summed E-state index contributed by atoms with van der Waals surface area (Å²) < 4.78 is 34.3. The van der Waals surface area contributed by atoms with Crippen LogP contribution in [0.4, 0.5) is 14.5 Å². The molecule has 1 aromatic heterocycles. The highest BCUT2D eigenvalue weighted by Gasteiger charge is 2.26. The molecule has 5 nitrogen and oxygen atoms in total. The van der Waals surface area contributed by atoms with Gasteiger partial charge < -0.3 is 9.64 Å². The first-order valence-electron chi connectivity index (χ1n) is 10.2. The van der Waals surface area contributed by atoms with Gasteiger partial charge in [0, 0.05) is 19.2 Å². The van der Waals surface area contributed by atoms with Crippen LogP contribution in [-0.4, -0.2) is 35.1 Å². The molecule has 0 unspecified atom stereocenters. The van der Waals surface area contributed by atoms with Crippen molar-refractivity contribution in [3.8, 4) is 5.69 Å². The fourth-order valence-electron chi connectivity index (χ4n) is 4.18. The number of ether oxygens (including phenoxy) is 1. The van der Waals surface area contributed by atoms with Crippen molar-refractivity contribution in [2.24, 2.45) is 0 Å². The van der Waals surface area contributed by atoms with E-state index in [2.05, 4.69) is 5.10 Å². The van der Waals surface area contributed by atoms with Crippen molar-refractivity contribution in [1.29, 1.82) is 0 Å². The number of benzene rings is 1. The van der Waals surface area contributed by atoms with E-state index in [1.165, 1.54) is 31.5 Å². The molecular weight excluding hydrogens is 400 g/mol. The number of halogens is 3. The van der Waals surface area contributed by atoms with E-state index < -0.39 is 17.2 Å². The molecular formula is C21H24ClF2N3O2. The Morgan fingerprint density at radius 3 is 2.38 bits per heavy atom. The zero-order valence-corrected chi connectivity index (χ0v) is 16.9. The van der Waals surface area contributed by atoms with E-state index in [4.69, 9.17) is 16.3 Å². The molecule has 0 spiro atoms. The minimum atomic E-state index is -0.871. The highest BCUT2D eigenvalue weighted by Crippen LogP contribution is 2.29. The van der Waals surface area contributed by atoms with Crippen LogP contribution in [0.5, 0.6) is 0 Å². The standard InChI is InChI=1S/C21H24ClF2N3O2/c22-20-19(13-25-27(21(20)28)18-7-6-14(23)12-17(18)24)26-10-8-16(9-11-26)29-15-4-2-1-3-5-15/h6-7,12-13,15-16H,1-5,8-11H2. The Morgan fingerprint density at radius 1 is 1.00 bits per heavy atom. The van der Waals surface area contributed by atoms with Crippen LogP contribution in [0.25, 0.3) is 5.69 Å². The van der Waals surface area contributed by atoms with Gasteiger partial charge in [-0.15, -0.1) is 0 Å². The lowest BCUT2D eigenvalue weighted by Crippen LogP contribution is -2.40. The van der Waals surface area contributed by atoms with Crippen LogP contribution >= 0.6 is 11.6 Å². The minimum absolute atomic E-state index is 0.0182. The predicted octanol–water partition coefficient (Wildman–Crippen LogP) is 4.48. The first-order valence-corrected chi connectivity index (χ1v) is 10.5. The van der Waals surface area contributed by atoms with Crippen LogP contribution < -0.4 is 10.5 Å². The number of hydrogen-bond acceptors (Lipinski definition) is 4. The van der Waals surface area contributed by atoms with Crippen molar-refractivity contribution in [3.63, 3.8) is 0 Å². The molecule has 29 heavy (non-hydrogen) atoms. The van der Waals surface area contributed by atoms with E-state index in [1.54, 1.807) is 0 Å². The molecule has 1 saturated heterocycles. The summed E-state index contributed by atoms with van der Waals surface area (Å²) in [5.41, 5.74) is -0.230. The van der Waals surface area contributed by atoms with Gasteiger partial charge in [-0.05, 0) is 37.8 Å². The molecule has 1 saturated carbocycles. The number of rotatable bonds is 4. The molecule has 1 aromatic carbocycles. The van der Waals surface area contributed by atoms with E-state index in [-0.39, 0.29) is 16.8 Å². The molecule has 4 rings (SSSR count). The van der Waals surface area contributed by atoms with Gasteiger partial charge in [0.1, 0.15) is 16.5 Å². The Bertz CT molecular complexity index is 923. The second-order valence-electron chi connectivity index (χ2n) is 7.74. The first kappa shape index (κ1) is 20.3. The maximum absolute atomic E-state index is 14.0. The summed E-state index contributed by atoms with van der Waals surface area (Å²) >= 11 is 6.31. The molecule has 0 radical (unpaired) electrons. The monoisotopic (exact) mass is 423 g/mol. The van der Waals surface area contributed by atoms with E-state index in [0.29, 0.717) is 30.9 Å². The zero-order chi connectivity index (χ0) is 20.4. The van der Waals surface area contributed by atoms with Gasteiger partial charge in [-0.1, -0.05) is 30.9 Å². The second-order valence-corrected chi connectivity index (χ2v) is 8.12. The molecule has 0 atom stereocenters. The summed E-state index contributed by atoms with van der Waals surface area (Å²) in [5, 5.41) is 4.05. The maximum Gasteiger partial charge on any atom is 0.292 e. The SMILES string of the molecule is O=c1c(Cl)c(N2CCC(OC3CCCCC3)CC2)cnn1-c1ccc(F)cc1F. The molecule has 0 N–H and O–H groups in total. The van der Waals surface area contributed by atoms with Crippen molar-refractivity contribution in [1.82, 2.24) is 9.78 Å². The molecule has 0 amide bonds. The lowest BCUT2D eigenvalue weighted by atomic mass is 9.97. The van der Waals surface area contributed by atoms with Crippen LogP contribution in [0.3, 0.4) is 0 Å². The Kier molecular flexibility index (Phi) is 6.15. The van der Waals surface area contributed by atoms with Crippen LogP contribution in [-0.2, 0) is 4.74 Å². The van der Waals surface area contributed by atoms with Gasteiger partial charge >= 0.3 is 0 Å². The molecule has 2 fully saturated rings. The lowest BCUT2D eigenvalue weighted by molar-refractivity contribution is -0.0395. The summed E-state index contributed by atoms with van der Waals surface area (Å²) in [4.78, 5) is 14.7. The summed E-state index contributed by atoms with van der Waals surface area (Å²) in [5.74, 6) is -1.59. The quantitative estimate of drug-likeness (QED) is 0.727. The largest absolute Gasteiger partial charge is 0.375 e.